The van der Waals surface area contributed by atoms with E-state index in [1.165, 1.54) is 18.2 Å². The molecule has 0 aromatic heterocycles. The van der Waals surface area contributed by atoms with Crippen molar-refractivity contribution in [1.82, 2.24) is 0 Å². The number of esters is 2. The minimum absolute atomic E-state index is 0.0626. The molecule has 1 aliphatic rings. The third kappa shape index (κ3) is 4.38. The van der Waals surface area contributed by atoms with Crippen LogP contribution in [0.4, 0.5) is 0 Å². The molecule has 1 heterocycles. The van der Waals surface area contributed by atoms with Gasteiger partial charge in [-0.25, -0.2) is 4.79 Å². The number of fused-ring (bicyclic) bond motifs is 1. The van der Waals surface area contributed by atoms with Crippen LogP contribution in [-0.4, -0.2) is 28.8 Å². The number of rotatable bonds is 4. The number of hydrogen-bond acceptors (Lipinski definition) is 7. The first kappa shape index (κ1) is 18.3. The Hall–Kier alpha value is -3.48. The van der Waals surface area contributed by atoms with E-state index in [9.17, 15) is 19.8 Å². The summed E-state index contributed by atoms with van der Waals surface area (Å²) in [5.41, 5.74) is 1.17. The van der Waals surface area contributed by atoms with Gasteiger partial charge in [-0.2, -0.15) is 0 Å². The van der Waals surface area contributed by atoms with Crippen molar-refractivity contribution in [2.75, 3.05) is 6.61 Å². The Labute approximate surface area is 155 Å². The molecule has 0 saturated heterocycles. The van der Waals surface area contributed by atoms with Gasteiger partial charge in [0.15, 0.2) is 23.0 Å². The second-order valence-electron chi connectivity index (χ2n) is 5.82. The number of aromatic hydroxyl groups is 2. The van der Waals surface area contributed by atoms with Crippen LogP contribution in [0.5, 0.6) is 23.0 Å². The Bertz CT molecular complexity index is 901. The fourth-order valence-electron chi connectivity index (χ4n) is 2.60. The molecule has 2 aromatic rings. The monoisotopic (exact) mass is 370 g/mol. The molecule has 0 spiro atoms. The van der Waals surface area contributed by atoms with E-state index in [4.69, 9.17) is 14.2 Å². The number of benzene rings is 2. The van der Waals surface area contributed by atoms with Gasteiger partial charge in [-0.1, -0.05) is 12.1 Å². The van der Waals surface area contributed by atoms with Gasteiger partial charge in [0.05, 0.1) is 13.0 Å². The van der Waals surface area contributed by atoms with Gasteiger partial charge in [0.25, 0.3) is 0 Å². The maximum atomic E-state index is 12.1. The Morgan fingerprint density at radius 2 is 2.00 bits per heavy atom. The van der Waals surface area contributed by atoms with Crippen molar-refractivity contribution in [2.45, 2.75) is 19.4 Å². The molecular formula is C20H18O7. The lowest BCUT2D eigenvalue weighted by Gasteiger charge is -2.16. The van der Waals surface area contributed by atoms with Crippen LogP contribution in [0, 0.1) is 0 Å². The lowest BCUT2D eigenvalue weighted by Crippen LogP contribution is -2.13. The van der Waals surface area contributed by atoms with Crippen molar-refractivity contribution in [3.05, 3.63) is 53.6 Å². The van der Waals surface area contributed by atoms with E-state index < -0.39 is 18.0 Å². The fourth-order valence-corrected chi connectivity index (χ4v) is 2.60. The lowest BCUT2D eigenvalue weighted by atomic mass is 10.1. The molecule has 1 aliphatic heterocycles. The maximum Gasteiger partial charge on any atom is 0.330 e. The summed E-state index contributed by atoms with van der Waals surface area (Å²) in [6.07, 6.45) is 2.10. The molecule has 140 valence electrons. The average Bonchev–Trinajstić information content (AvgIpc) is 2.80. The molecule has 2 N–H and O–H groups in total. The Kier molecular flexibility index (Phi) is 5.30. The number of carbonyl (C=O) groups excluding carboxylic acids is 2. The predicted molar refractivity (Wildman–Crippen MR) is 95.5 cm³/mol. The Balaban J connectivity index is 1.85. The van der Waals surface area contributed by atoms with Crippen molar-refractivity contribution in [3.8, 4) is 23.0 Å². The highest BCUT2D eigenvalue weighted by molar-refractivity contribution is 5.87. The molecule has 0 aliphatic carbocycles. The van der Waals surface area contributed by atoms with Gasteiger partial charge in [0.2, 0.25) is 0 Å². The molecule has 27 heavy (non-hydrogen) atoms. The SMILES string of the molecule is CCOC(=O)C=Cc1ccc2c(c1)OC(=O)C[C@H](c1ccc(O)c(O)c1)O2. The maximum absolute atomic E-state index is 12.1. The average molecular weight is 370 g/mol. The molecule has 0 fully saturated rings. The Morgan fingerprint density at radius 1 is 1.19 bits per heavy atom. The van der Waals surface area contributed by atoms with Crippen LogP contribution >= 0.6 is 0 Å². The second kappa shape index (κ2) is 7.82. The van der Waals surface area contributed by atoms with Gasteiger partial charge < -0.3 is 24.4 Å². The van der Waals surface area contributed by atoms with Gasteiger partial charge in [0.1, 0.15) is 6.10 Å². The molecule has 0 amide bonds. The third-order valence-corrected chi connectivity index (χ3v) is 3.88. The minimum atomic E-state index is -0.675. The van der Waals surface area contributed by atoms with Gasteiger partial charge in [-0.15, -0.1) is 0 Å². The summed E-state index contributed by atoms with van der Waals surface area (Å²) in [4.78, 5) is 23.5. The first-order valence-electron chi connectivity index (χ1n) is 8.34. The van der Waals surface area contributed by atoms with Gasteiger partial charge in [0, 0.05) is 6.08 Å². The molecule has 0 saturated carbocycles. The molecule has 3 rings (SSSR count). The highest BCUT2D eigenvalue weighted by Gasteiger charge is 2.26. The molecule has 0 unspecified atom stereocenters. The van der Waals surface area contributed by atoms with Gasteiger partial charge in [-0.3, -0.25) is 4.79 Å². The standard InChI is InChI=1S/C20H18O7/c1-2-25-19(23)8-4-12-3-7-16-18(9-12)27-20(24)11-17(26-16)13-5-6-14(21)15(22)10-13/h3-10,17,21-22H,2,11H2,1H3/t17-/m1/s1. The Morgan fingerprint density at radius 3 is 2.74 bits per heavy atom. The van der Waals surface area contributed by atoms with E-state index in [-0.39, 0.29) is 30.3 Å². The largest absolute Gasteiger partial charge is 0.504 e. The van der Waals surface area contributed by atoms with E-state index in [2.05, 4.69) is 0 Å². The van der Waals surface area contributed by atoms with Crippen LogP contribution < -0.4 is 9.47 Å². The van der Waals surface area contributed by atoms with Crippen molar-refractivity contribution < 1.29 is 34.0 Å². The van der Waals surface area contributed by atoms with E-state index in [0.29, 0.717) is 16.9 Å². The van der Waals surface area contributed by atoms with E-state index in [1.807, 2.05) is 0 Å². The van der Waals surface area contributed by atoms with Crippen molar-refractivity contribution in [3.63, 3.8) is 0 Å². The van der Waals surface area contributed by atoms with Crippen LogP contribution in [0.2, 0.25) is 0 Å². The van der Waals surface area contributed by atoms with Crippen LogP contribution in [0.15, 0.2) is 42.5 Å². The van der Waals surface area contributed by atoms with Crippen molar-refractivity contribution in [2.24, 2.45) is 0 Å². The molecule has 7 heteroatoms. The zero-order chi connectivity index (χ0) is 19.4. The van der Waals surface area contributed by atoms with E-state index in [1.54, 1.807) is 37.3 Å². The normalized spacial score (nSPS) is 16.2. The van der Waals surface area contributed by atoms with Gasteiger partial charge in [-0.05, 0) is 48.4 Å². The number of phenols is 2. The summed E-state index contributed by atoms with van der Waals surface area (Å²) in [5, 5.41) is 19.1. The summed E-state index contributed by atoms with van der Waals surface area (Å²) in [6, 6.07) is 9.16. The first-order valence-corrected chi connectivity index (χ1v) is 8.34. The highest BCUT2D eigenvalue weighted by atomic mass is 16.6. The smallest absolute Gasteiger partial charge is 0.330 e. The second-order valence-corrected chi connectivity index (χ2v) is 5.82. The zero-order valence-corrected chi connectivity index (χ0v) is 14.5. The fraction of sp³-hybridized carbons (Fsp3) is 0.200. The molecule has 1 atom stereocenters. The topological polar surface area (TPSA) is 102 Å². The van der Waals surface area contributed by atoms with Crippen LogP contribution in [0.1, 0.15) is 30.6 Å². The molecule has 0 radical (unpaired) electrons. The summed E-state index contributed by atoms with van der Waals surface area (Å²) in [7, 11) is 0. The minimum Gasteiger partial charge on any atom is -0.504 e. The van der Waals surface area contributed by atoms with Crippen LogP contribution in [-0.2, 0) is 14.3 Å². The summed E-state index contributed by atoms with van der Waals surface area (Å²) in [5.74, 6) is -0.935. The van der Waals surface area contributed by atoms with Crippen molar-refractivity contribution in [1.29, 1.82) is 0 Å². The first-order chi connectivity index (χ1) is 13.0. The van der Waals surface area contributed by atoms with Crippen LogP contribution in [0.25, 0.3) is 6.08 Å². The van der Waals surface area contributed by atoms with Crippen LogP contribution in [0.3, 0.4) is 0 Å². The van der Waals surface area contributed by atoms with Crippen molar-refractivity contribution >= 4 is 18.0 Å². The number of hydrogen-bond donors (Lipinski definition) is 2. The van der Waals surface area contributed by atoms with Gasteiger partial charge >= 0.3 is 11.9 Å². The molecule has 7 nitrogen and oxygen atoms in total. The molecular weight excluding hydrogens is 352 g/mol. The summed E-state index contributed by atoms with van der Waals surface area (Å²) in [6.45, 7) is 2.00. The zero-order valence-electron chi connectivity index (χ0n) is 14.5. The lowest BCUT2D eigenvalue weighted by molar-refractivity contribution is -0.137. The molecule has 0 bridgehead atoms. The van der Waals surface area contributed by atoms with E-state index >= 15 is 0 Å². The summed E-state index contributed by atoms with van der Waals surface area (Å²) < 4.78 is 16.0. The predicted octanol–water partition coefficient (Wildman–Crippen LogP) is 3.10. The third-order valence-electron chi connectivity index (χ3n) is 3.88. The number of phenolic OH excluding ortho intramolecular Hbond substituents is 2. The highest BCUT2D eigenvalue weighted by Crippen LogP contribution is 2.38. The quantitative estimate of drug-likeness (QED) is 0.369. The van der Waals surface area contributed by atoms with E-state index in [0.717, 1.165) is 0 Å². The molecule has 2 aromatic carbocycles. The number of carbonyl (C=O) groups is 2. The summed E-state index contributed by atoms with van der Waals surface area (Å²) >= 11 is 0. The number of ether oxygens (including phenoxy) is 3.